The van der Waals surface area contributed by atoms with Crippen molar-refractivity contribution in [3.05, 3.63) is 16.3 Å². The molecule has 2 saturated heterocycles. The van der Waals surface area contributed by atoms with Gasteiger partial charge in [-0.15, -0.1) is 11.3 Å². The first-order chi connectivity index (χ1) is 14.2. The predicted molar refractivity (Wildman–Crippen MR) is 112 cm³/mol. The van der Waals surface area contributed by atoms with E-state index in [9.17, 15) is 4.79 Å². The summed E-state index contributed by atoms with van der Waals surface area (Å²) in [4.78, 5) is 29.4. The van der Waals surface area contributed by atoms with Gasteiger partial charge in [0.15, 0.2) is 0 Å². The molecule has 0 amide bonds. The minimum atomic E-state index is -0.0816. The third kappa shape index (κ3) is 3.73. The maximum Gasteiger partial charge on any atom is 0.308 e. The van der Waals surface area contributed by atoms with Crippen molar-refractivity contribution in [1.29, 1.82) is 0 Å². The molecular formula is C21H28N4O3S. The molecule has 2 aromatic rings. The Morgan fingerprint density at radius 2 is 1.97 bits per heavy atom. The van der Waals surface area contributed by atoms with Gasteiger partial charge >= 0.3 is 5.97 Å². The van der Waals surface area contributed by atoms with Crippen LogP contribution in [-0.4, -0.2) is 67.3 Å². The highest BCUT2D eigenvalue weighted by atomic mass is 32.1. The number of fused-ring (bicyclic) bond motifs is 3. The molecule has 0 spiro atoms. The number of piperidine rings is 1. The molecule has 0 saturated carbocycles. The summed E-state index contributed by atoms with van der Waals surface area (Å²) in [7, 11) is 1.48. The number of carbonyl (C=O) groups is 1. The van der Waals surface area contributed by atoms with Gasteiger partial charge in [-0.2, -0.15) is 0 Å². The van der Waals surface area contributed by atoms with Gasteiger partial charge in [0, 0.05) is 31.1 Å². The second kappa shape index (κ2) is 8.16. The predicted octanol–water partition coefficient (Wildman–Crippen LogP) is 2.40. The minimum absolute atomic E-state index is 0.00888. The fraction of sp³-hybridized carbons (Fsp3) is 0.667. The lowest BCUT2D eigenvalue weighted by atomic mass is 9.97. The van der Waals surface area contributed by atoms with Crippen LogP contribution in [0.5, 0.6) is 0 Å². The second-order valence-electron chi connectivity index (χ2n) is 8.17. The Hall–Kier alpha value is -1.77. The van der Waals surface area contributed by atoms with Crippen molar-refractivity contribution in [2.45, 2.75) is 38.6 Å². The number of nitrogens with zero attached hydrogens (tertiary/aromatic N) is 4. The number of morpholine rings is 1. The molecule has 0 unspecified atom stereocenters. The lowest BCUT2D eigenvalue weighted by Gasteiger charge is -2.32. The number of aryl methyl sites for hydroxylation is 2. The maximum absolute atomic E-state index is 11.9. The first-order valence-electron chi connectivity index (χ1n) is 10.7. The molecule has 5 rings (SSSR count). The molecule has 0 aromatic carbocycles. The number of methoxy groups -OCH3 is 1. The summed E-state index contributed by atoms with van der Waals surface area (Å²) >= 11 is 1.85. The number of hydrogen-bond donors (Lipinski definition) is 0. The molecule has 7 nitrogen and oxygen atoms in total. The number of anilines is 1. The van der Waals surface area contributed by atoms with Gasteiger partial charge in [-0.3, -0.25) is 9.69 Å². The van der Waals surface area contributed by atoms with Gasteiger partial charge in [0.05, 0.1) is 38.2 Å². The summed E-state index contributed by atoms with van der Waals surface area (Å²) < 4.78 is 10.4. The highest BCUT2D eigenvalue weighted by molar-refractivity contribution is 7.19. The maximum atomic E-state index is 11.9. The molecule has 2 fully saturated rings. The van der Waals surface area contributed by atoms with Crippen LogP contribution in [0.3, 0.4) is 0 Å². The van der Waals surface area contributed by atoms with Crippen molar-refractivity contribution in [3.8, 4) is 0 Å². The van der Waals surface area contributed by atoms with Gasteiger partial charge in [-0.25, -0.2) is 9.97 Å². The van der Waals surface area contributed by atoms with Crippen LogP contribution in [0.15, 0.2) is 0 Å². The molecule has 156 valence electrons. The van der Waals surface area contributed by atoms with E-state index in [0.717, 1.165) is 81.7 Å². The largest absolute Gasteiger partial charge is 0.469 e. The van der Waals surface area contributed by atoms with Crippen molar-refractivity contribution in [2.75, 3.05) is 51.4 Å². The van der Waals surface area contributed by atoms with Crippen LogP contribution in [0.25, 0.3) is 10.2 Å². The fourth-order valence-electron chi connectivity index (χ4n) is 4.77. The van der Waals surface area contributed by atoms with Gasteiger partial charge < -0.3 is 14.4 Å². The van der Waals surface area contributed by atoms with Crippen molar-refractivity contribution < 1.29 is 14.3 Å². The van der Waals surface area contributed by atoms with Gasteiger partial charge in [-0.05, 0) is 37.7 Å². The Morgan fingerprint density at radius 3 is 2.72 bits per heavy atom. The minimum Gasteiger partial charge on any atom is -0.469 e. The number of hydrogen-bond acceptors (Lipinski definition) is 8. The number of thiophene rings is 1. The first-order valence-corrected chi connectivity index (χ1v) is 11.5. The molecule has 2 aromatic heterocycles. The summed E-state index contributed by atoms with van der Waals surface area (Å²) in [6.45, 7) is 5.88. The summed E-state index contributed by atoms with van der Waals surface area (Å²) in [6, 6.07) is 0. The fourth-order valence-corrected chi connectivity index (χ4v) is 6.05. The molecule has 0 N–H and O–H groups in total. The zero-order valence-electron chi connectivity index (χ0n) is 17.0. The summed E-state index contributed by atoms with van der Waals surface area (Å²) in [6.07, 6.45) is 5.18. The van der Waals surface area contributed by atoms with Crippen LogP contribution < -0.4 is 4.90 Å². The van der Waals surface area contributed by atoms with E-state index < -0.39 is 0 Å². The Balaban J connectivity index is 1.46. The van der Waals surface area contributed by atoms with Crippen molar-refractivity contribution in [2.24, 2.45) is 5.92 Å². The van der Waals surface area contributed by atoms with Gasteiger partial charge in [0.1, 0.15) is 16.5 Å². The van der Waals surface area contributed by atoms with Crippen molar-refractivity contribution in [3.63, 3.8) is 0 Å². The normalized spacial score (nSPS) is 20.9. The number of carbonyl (C=O) groups excluding carboxylic acids is 1. The van der Waals surface area contributed by atoms with Crippen molar-refractivity contribution >= 4 is 33.3 Å². The lowest BCUT2D eigenvalue weighted by molar-refractivity contribution is -0.146. The zero-order chi connectivity index (χ0) is 19.8. The average molecular weight is 417 g/mol. The molecule has 1 aliphatic carbocycles. The average Bonchev–Trinajstić information content (AvgIpc) is 3.34. The van der Waals surface area contributed by atoms with E-state index >= 15 is 0 Å². The number of aromatic nitrogens is 2. The van der Waals surface area contributed by atoms with Gasteiger partial charge in [0.2, 0.25) is 0 Å². The molecule has 0 atom stereocenters. The van der Waals surface area contributed by atoms with E-state index in [-0.39, 0.29) is 11.9 Å². The molecule has 29 heavy (non-hydrogen) atoms. The van der Waals surface area contributed by atoms with E-state index in [0.29, 0.717) is 0 Å². The lowest BCUT2D eigenvalue weighted by Crippen LogP contribution is -2.38. The number of ether oxygens (including phenoxy) is 2. The van der Waals surface area contributed by atoms with Gasteiger partial charge in [0.25, 0.3) is 0 Å². The van der Waals surface area contributed by atoms with Crippen LogP contribution in [0.2, 0.25) is 0 Å². The van der Waals surface area contributed by atoms with Crippen LogP contribution >= 0.6 is 11.3 Å². The highest BCUT2D eigenvalue weighted by Crippen LogP contribution is 2.41. The third-order valence-corrected chi connectivity index (χ3v) is 7.58. The highest BCUT2D eigenvalue weighted by Gasteiger charge is 2.30. The number of rotatable bonds is 4. The molecule has 8 heteroatoms. The molecule has 3 aliphatic rings. The second-order valence-corrected chi connectivity index (χ2v) is 9.26. The van der Waals surface area contributed by atoms with Gasteiger partial charge in [-0.1, -0.05) is 0 Å². The molecule has 4 heterocycles. The standard InChI is InChI=1S/C21H28N4O3S/c1-27-21(26)14-5-7-25(8-6-14)19-18-15-3-2-4-16(15)29-20(18)23-17(22-19)13-24-9-11-28-12-10-24/h14H,2-13H2,1H3. The van der Waals surface area contributed by atoms with E-state index in [2.05, 4.69) is 9.80 Å². The van der Waals surface area contributed by atoms with Crippen LogP contribution in [0, 0.1) is 5.92 Å². The first kappa shape index (κ1) is 19.2. The number of esters is 1. The van der Waals surface area contributed by atoms with Crippen LogP contribution in [0.1, 0.15) is 35.5 Å². The summed E-state index contributed by atoms with van der Waals surface area (Å²) in [5, 5.41) is 1.27. The summed E-state index contributed by atoms with van der Waals surface area (Å²) in [5.74, 6) is 1.92. The van der Waals surface area contributed by atoms with Crippen molar-refractivity contribution in [1.82, 2.24) is 14.9 Å². The molecular weight excluding hydrogens is 388 g/mol. The van der Waals surface area contributed by atoms with Crippen LogP contribution in [0.4, 0.5) is 5.82 Å². The summed E-state index contributed by atoms with van der Waals surface area (Å²) in [5.41, 5.74) is 1.47. The Kier molecular flexibility index (Phi) is 5.41. The smallest absolute Gasteiger partial charge is 0.308 e. The quantitative estimate of drug-likeness (QED) is 0.709. The molecule has 2 aliphatic heterocycles. The molecule has 0 bridgehead atoms. The molecule has 0 radical (unpaired) electrons. The van der Waals surface area contributed by atoms with Crippen LogP contribution in [-0.2, 0) is 33.7 Å². The third-order valence-electron chi connectivity index (χ3n) is 6.39. The van der Waals surface area contributed by atoms with E-state index in [1.807, 2.05) is 11.3 Å². The monoisotopic (exact) mass is 416 g/mol. The Bertz CT molecular complexity index is 901. The van der Waals surface area contributed by atoms with E-state index in [1.165, 1.54) is 35.8 Å². The Morgan fingerprint density at radius 1 is 1.17 bits per heavy atom. The topological polar surface area (TPSA) is 67.8 Å². The Labute approximate surface area is 175 Å². The van der Waals surface area contributed by atoms with E-state index in [1.54, 1.807) is 0 Å². The van der Waals surface area contributed by atoms with E-state index in [4.69, 9.17) is 19.4 Å². The zero-order valence-corrected chi connectivity index (χ0v) is 17.8. The SMILES string of the molecule is COC(=O)C1CCN(c2nc(CN3CCOCC3)nc3sc4c(c23)CCC4)CC1.